The van der Waals surface area contributed by atoms with Gasteiger partial charge in [0.15, 0.2) is 0 Å². The molecule has 0 unspecified atom stereocenters. The molecule has 6 heteroatoms. The maximum Gasteiger partial charge on any atom is 0.295 e. The molecule has 1 aromatic rings. The van der Waals surface area contributed by atoms with Crippen LogP contribution in [0.5, 0.6) is 0 Å². The Bertz CT molecular complexity index is 518. The van der Waals surface area contributed by atoms with E-state index in [1.54, 1.807) is 18.3 Å². The minimum Gasteiger partial charge on any atom is -0.383 e. The summed E-state index contributed by atoms with van der Waals surface area (Å²) in [6, 6.07) is 3.18. The summed E-state index contributed by atoms with van der Waals surface area (Å²) in [5.74, 6) is 0.710. The van der Waals surface area contributed by atoms with Gasteiger partial charge >= 0.3 is 0 Å². The standard InChI is InChI=1S/C14H22N4O2/c1-14(2,3)17(6)13-8-7-12(18(19)20)11(15-13)9-10-16(4)5/h7-10H,1-6H3/b10-9+. The molecular formula is C14H22N4O2. The topological polar surface area (TPSA) is 62.5 Å². The van der Waals surface area contributed by atoms with Crippen LogP contribution in [0.1, 0.15) is 26.5 Å². The van der Waals surface area contributed by atoms with E-state index in [4.69, 9.17) is 0 Å². The summed E-state index contributed by atoms with van der Waals surface area (Å²) < 4.78 is 0. The number of aromatic nitrogens is 1. The van der Waals surface area contributed by atoms with Gasteiger partial charge in [-0.1, -0.05) is 0 Å². The van der Waals surface area contributed by atoms with Crippen molar-refractivity contribution in [3.8, 4) is 0 Å². The second-order valence-corrected chi connectivity index (χ2v) is 5.84. The molecule has 0 atom stereocenters. The van der Waals surface area contributed by atoms with Crippen molar-refractivity contribution < 1.29 is 4.92 Å². The maximum atomic E-state index is 11.0. The fourth-order valence-corrected chi connectivity index (χ4v) is 1.48. The number of hydrogen-bond acceptors (Lipinski definition) is 5. The first-order valence-electron chi connectivity index (χ1n) is 6.37. The van der Waals surface area contributed by atoms with E-state index in [9.17, 15) is 10.1 Å². The third kappa shape index (κ3) is 3.94. The number of hydrogen-bond donors (Lipinski definition) is 0. The smallest absolute Gasteiger partial charge is 0.295 e. The highest BCUT2D eigenvalue weighted by molar-refractivity contribution is 5.60. The molecule has 0 aliphatic carbocycles. The molecule has 1 rings (SSSR count). The van der Waals surface area contributed by atoms with Gasteiger partial charge in [-0.05, 0) is 32.9 Å². The molecule has 110 valence electrons. The van der Waals surface area contributed by atoms with E-state index in [-0.39, 0.29) is 11.2 Å². The summed E-state index contributed by atoms with van der Waals surface area (Å²) in [6.45, 7) is 6.18. The molecule has 0 bridgehead atoms. The number of rotatable bonds is 4. The Morgan fingerprint density at radius 2 is 1.85 bits per heavy atom. The molecule has 1 heterocycles. The van der Waals surface area contributed by atoms with Crippen LogP contribution in [0.15, 0.2) is 18.3 Å². The van der Waals surface area contributed by atoms with Crippen LogP contribution >= 0.6 is 0 Å². The van der Waals surface area contributed by atoms with Gasteiger partial charge in [0, 0.05) is 38.9 Å². The lowest BCUT2D eigenvalue weighted by Gasteiger charge is -2.33. The molecule has 0 aromatic carbocycles. The van der Waals surface area contributed by atoms with E-state index < -0.39 is 4.92 Å². The summed E-state index contributed by atoms with van der Waals surface area (Å²) in [4.78, 5) is 18.8. The normalized spacial score (nSPS) is 11.7. The predicted octanol–water partition coefficient (Wildman–Crippen LogP) is 2.76. The van der Waals surface area contributed by atoms with E-state index in [1.807, 2.05) is 30.9 Å². The van der Waals surface area contributed by atoms with Gasteiger partial charge in [0.2, 0.25) is 0 Å². The Hall–Kier alpha value is -2.11. The summed E-state index contributed by atoms with van der Waals surface area (Å²) in [6.07, 6.45) is 3.40. The zero-order chi connectivity index (χ0) is 15.5. The highest BCUT2D eigenvalue weighted by Gasteiger charge is 2.21. The molecule has 1 aromatic heterocycles. The van der Waals surface area contributed by atoms with Crippen LogP contribution in [0.2, 0.25) is 0 Å². The first-order valence-corrected chi connectivity index (χ1v) is 6.37. The van der Waals surface area contributed by atoms with E-state index in [1.165, 1.54) is 6.07 Å². The van der Waals surface area contributed by atoms with Crippen molar-refractivity contribution in [3.05, 3.63) is 34.1 Å². The first kappa shape index (κ1) is 15.9. The van der Waals surface area contributed by atoms with Gasteiger partial charge in [0.05, 0.1) is 4.92 Å². The van der Waals surface area contributed by atoms with Gasteiger partial charge in [-0.2, -0.15) is 0 Å². The van der Waals surface area contributed by atoms with Crippen molar-refractivity contribution in [3.63, 3.8) is 0 Å². The second-order valence-electron chi connectivity index (χ2n) is 5.84. The molecule has 0 radical (unpaired) electrons. The summed E-state index contributed by atoms with van der Waals surface area (Å²) in [7, 11) is 5.63. The summed E-state index contributed by atoms with van der Waals surface area (Å²) in [5.41, 5.74) is 0.262. The van der Waals surface area contributed by atoms with Crippen molar-refractivity contribution in [2.45, 2.75) is 26.3 Å². The van der Waals surface area contributed by atoms with Crippen molar-refractivity contribution in [2.24, 2.45) is 0 Å². The molecule has 20 heavy (non-hydrogen) atoms. The lowest BCUT2D eigenvalue weighted by Crippen LogP contribution is -2.38. The second kappa shape index (κ2) is 5.90. The van der Waals surface area contributed by atoms with Gasteiger partial charge in [-0.25, -0.2) is 4.98 Å². The van der Waals surface area contributed by atoms with Gasteiger partial charge in [-0.3, -0.25) is 10.1 Å². The Kier molecular flexibility index (Phi) is 4.70. The first-order chi connectivity index (χ1) is 9.12. The fraction of sp³-hybridized carbons (Fsp3) is 0.500. The van der Waals surface area contributed by atoms with Gasteiger partial charge in [0.25, 0.3) is 5.69 Å². The van der Waals surface area contributed by atoms with E-state index in [0.717, 1.165) is 0 Å². The predicted molar refractivity (Wildman–Crippen MR) is 81.8 cm³/mol. The summed E-state index contributed by atoms with van der Waals surface area (Å²) in [5, 5.41) is 11.0. The summed E-state index contributed by atoms with van der Waals surface area (Å²) >= 11 is 0. The number of pyridine rings is 1. The molecule has 0 fully saturated rings. The minimum atomic E-state index is -0.413. The fourth-order valence-electron chi connectivity index (χ4n) is 1.48. The Morgan fingerprint density at radius 3 is 2.30 bits per heavy atom. The Labute approximate surface area is 119 Å². The van der Waals surface area contributed by atoms with Crippen molar-refractivity contribution >= 4 is 17.6 Å². The van der Waals surface area contributed by atoms with Crippen LogP contribution in [0.3, 0.4) is 0 Å². The lowest BCUT2D eigenvalue weighted by molar-refractivity contribution is -0.385. The van der Waals surface area contributed by atoms with Crippen LogP contribution < -0.4 is 4.90 Å². The largest absolute Gasteiger partial charge is 0.383 e. The van der Waals surface area contributed by atoms with Gasteiger partial charge < -0.3 is 9.80 Å². The van der Waals surface area contributed by atoms with E-state index in [0.29, 0.717) is 11.5 Å². The Balaban J connectivity index is 3.27. The number of nitrogens with zero attached hydrogens (tertiary/aromatic N) is 4. The monoisotopic (exact) mass is 278 g/mol. The molecule has 0 spiro atoms. The minimum absolute atomic E-state index is 0.00848. The molecule has 6 nitrogen and oxygen atoms in total. The highest BCUT2D eigenvalue weighted by Crippen LogP contribution is 2.25. The average molecular weight is 278 g/mol. The van der Waals surface area contributed by atoms with Crippen LogP contribution in [-0.4, -0.2) is 41.5 Å². The van der Waals surface area contributed by atoms with Crippen LogP contribution in [0, 0.1) is 10.1 Å². The maximum absolute atomic E-state index is 11.0. The van der Waals surface area contributed by atoms with Crippen LogP contribution in [-0.2, 0) is 0 Å². The van der Waals surface area contributed by atoms with Crippen molar-refractivity contribution in [2.75, 3.05) is 26.0 Å². The van der Waals surface area contributed by atoms with Gasteiger partial charge in [0.1, 0.15) is 11.5 Å². The van der Waals surface area contributed by atoms with Crippen molar-refractivity contribution in [1.29, 1.82) is 0 Å². The molecule has 0 aliphatic heterocycles. The molecule has 0 N–H and O–H groups in total. The van der Waals surface area contributed by atoms with Crippen LogP contribution in [0.4, 0.5) is 11.5 Å². The highest BCUT2D eigenvalue weighted by atomic mass is 16.6. The lowest BCUT2D eigenvalue weighted by atomic mass is 10.1. The number of anilines is 1. The molecule has 0 saturated heterocycles. The third-order valence-electron chi connectivity index (χ3n) is 2.96. The van der Waals surface area contributed by atoms with E-state index >= 15 is 0 Å². The zero-order valence-electron chi connectivity index (χ0n) is 12.9. The van der Waals surface area contributed by atoms with Crippen LogP contribution in [0.25, 0.3) is 6.08 Å². The SMILES string of the molecule is CN(C)/C=C/c1nc(N(C)C(C)(C)C)ccc1[N+](=O)[O-]. The average Bonchev–Trinajstić information content (AvgIpc) is 2.33. The number of nitro groups is 1. The van der Waals surface area contributed by atoms with Crippen molar-refractivity contribution in [1.82, 2.24) is 9.88 Å². The molecule has 0 amide bonds. The molecule has 0 aliphatic rings. The Morgan fingerprint density at radius 1 is 1.25 bits per heavy atom. The zero-order valence-corrected chi connectivity index (χ0v) is 12.9. The van der Waals surface area contributed by atoms with E-state index in [2.05, 4.69) is 25.8 Å². The molecular weight excluding hydrogens is 256 g/mol. The third-order valence-corrected chi connectivity index (χ3v) is 2.96. The van der Waals surface area contributed by atoms with Gasteiger partial charge in [-0.15, -0.1) is 0 Å². The molecule has 0 saturated carbocycles. The quantitative estimate of drug-likeness (QED) is 0.626.